The minimum Gasteiger partial charge on any atom is -0.350 e. The molecule has 0 aliphatic heterocycles. The van der Waals surface area contributed by atoms with Crippen LogP contribution in [0.4, 0.5) is 10.2 Å². The summed E-state index contributed by atoms with van der Waals surface area (Å²) in [7, 11) is 0. The zero-order valence-corrected chi connectivity index (χ0v) is 14.8. The molecule has 0 saturated carbocycles. The van der Waals surface area contributed by atoms with E-state index in [1.165, 1.54) is 23.7 Å². The number of nitrogens with zero attached hydrogens (tertiary/aromatic N) is 2. The molecular weight excluding hydrogens is 347 g/mol. The molecule has 27 heavy (non-hydrogen) atoms. The summed E-state index contributed by atoms with van der Waals surface area (Å²) in [5.74, 6) is -0.563. The van der Waals surface area contributed by atoms with Gasteiger partial charge in [-0.3, -0.25) is 9.59 Å². The lowest BCUT2D eigenvalue weighted by atomic mass is 10.1. The van der Waals surface area contributed by atoms with Crippen LogP contribution < -0.4 is 10.6 Å². The fraction of sp³-hybridized carbons (Fsp3) is 0.150. The Kier molecular flexibility index (Phi) is 5.61. The maximum absolute atomic E-state index is 13.6. The van der Waals surface area contributed by atoms with Gasteiger partial charge in [-0.2, -0.15) is 5.10 Å². The van der Waals surface area contributed by atoms with Gasteiger partial charge in [0.05, 0.1) is 5.69 Å². The number of hydrogen-bond acceptors (Lipinski definition) is 3. The van der Waals surface area contributed by atoms with Crippen molar-refractivity contribution in [3.63, 3.8) is 0 Å². The third kappa shape index (κ3) is 4.58. The topological polar surface area (TPSA) is 76.0 Å². The summed E-state index contributed by atoms with van der Waals surface area (Å²) in [6.07, 6.45) is 0.371. The summed E-state index contributed by atoms with van der Waals surface area (Å²) >= 11 is 0. The van der Waals surface area contributed by atoms with Crippen LogP contribution in [-0.4, -0.2) is 28.1 Å². The summed E-state index contributed by atoms with van der Waals surface area (Å²) in [4.78, 5) is 23.9. The van der Waals surface area contributed by atoms with Gasteiger partial charge in [-0.05, 0) is 30.2 Å². The number of hydrogen-bond donors (Lipinski definition) is 2. The zero-order chi connectivity index (χ0) is 19.2. The lowest BCUT2D eigenvalue weighted by molar-refractivity contribution is -0.114. The Morgan fingerprint density at radius 2 is 1.78 bits per heavy atom. The molecule has 7 heteroatoms. The predicted molar refractivity (Wildman–Crippen MR) is 100 cm³/mol. The maximum Gasteiger partial charge on any atom is 0.271 e. The van der Waals surface area contributed by atoms with Crippen LogP contribution in [0.1, 0.15) is 23.0 Å². The summed E-state index contributed by atoms with van der Waals surface area (Å²) in [6.45, 7) is 1.66. The van der Waals surface area contributed by atoms with Crippen LogP contribution in [0, 0.1) is 5.82 Å². The zero-order valence-electron chi connectivity index (χ0n) is 14.8. The number of carbonyl (C=O) groups excluding carboxylic acids is 2. The molecular formula is C20H19FN4O2. The van der Waals surface area contributed by atoms with E-state index in [0.29, 0.717) is 23.5 Å². The number of anilines is 1. The van der Waals surface area contributed by atoms with Crippen LogP contribution in [0.3, 0.4) is 0 Å². The first-order valence-electron chi connectivity index (χ1n) is 8.49. The Hall–Kier alpha value is -3.48. The molecule has 0 aliphatic carbocycles. The lowest BCUT2D eigenvalue weighted by Crippen LogP contribution is -2.26. The SMILES string of the molecule is CC(=O)Nc1cc(C(=O)NCCc2ccccc2F)nn1-c1ccccc1. The van der Waals surface area contributed by atoms with Crippen LogP contribution >= 0.6 is 0 Å². The Morgan fingerprint density at radius 3 is 2.48 bits per heavy atom. The van der Waals surface area contributed by atoms with Crippen molar-refractivity contribution < 1.29 is 14.0 Å². The third-order valence-electron chi connectivity index (χ3n) is 3.88. The highest BCUT2D eigenvalue weighted by Gasteiger charge is 2.16. The molecule has 2 aromatic carbocycles. The van der Waals surface area contributed by atoms with Crippen LogP contribution in [-0.2, 0) is 11.2 Å². The largest absolute Gasteiger partial charge is 0.350 e. The van der Waals surface area contributed by atoms with Crippen molar-refractivity contribution in [1.82, 2.24) is 15.1 Å². The van der Waals surface area contributed by atoms with Crippen molar-refractivity contribution in [2.24, 2.45) is 0 Å². The van der Waals surface area contributed by atoms with Gasteiger partial charge in [-0.15, -0.1) is 0 Å². The van der Waals surface area contributed by atoms with E-state index in [0.717, 1.165) is 0 Å². The molecule has 2 N–H and O–H groups in total. The number of para-hydroxylation sites is 1. The molecule has 0 spiro atoms. The van der Waals surface area contributed by atoms with E-state index in [-0.39, 0.29) is 24.0 Å². The minimum absolute atomic E-state index is 0.163. The van der Waals surface area contributed by atoms with E-state index in [9.17, 15) is 14.0 Å². The molecule has 1 aromatic heterocycles. The third-order valence-corrected chi connectivity index (χ3v) is 3.88. The number of carbonyl (C=O) groups is 2. The number of rotatable bonds is 6. The fourth-order valence-corrected chi connectivity index (χ4v) is 2.63. The number of nitrogens with one attached hydrogen (secondary N) is 2. The Morgan fingerprint density at radius 1 is 1.07 bits per heavy atom. The molecule has 0 atom stereocenters. The van der Waals surface area contributed by atoms with Crippen LogP contribution in [0.2, 0.25) is 0 Å². The van der Waals surface area contributed by atoms with E-state index >= 15 is 0 Å². The van der Waals surface area contributed by atoms with Crippen molar-refractivity contribution in [3.05, 3.63) is 77.7 Å². The second-order valence-corrected chi connectivity index (χ2v) is 5.94. The molecule has 0 radical (unpaired) electrons. The van der Waals surface area contributed by atoms with Crippen molar-refractivity contribution >= 4 is 17.6 Å². The quantitative estimate of drug-likeness (QED) is 0.704. The molecule has 0 bridgehead atoms. The Bertz CT molecular complexity index is 954. The fourth-order valence-electron chi connectivity index (χ4n) is 2.63. The number of benzene rings is 2. The summed E-state index contributed by atoms with van der Waals surface area (Å²) in [5.41, 5.74) is 1.41. The van der Waals surface area contributed by atoms with E-state index in [1.54, 1.807) is 18.2 Å². The van der Waals surface area contributed by atoms with Crippen molar-refractivity contribution in [2.75, 3.05) is 11.9 Å². The van der Waals surface area contributed by atoms with Gasteiger partial charge in [0.2, 0.25) is 5.91 Å². The first-order chi connectivity index (χ1) is 13.0. The molecule has 3 rings (SSSR count). The highest BCUT2D eigenvalue weighted by Crippen LogP contribution is 2.17. The van der Waals surface area contributed by atoms with Gasteiger partial charge in [0.25, 0.3) is 5.91 Å². The van der Waals surface area contributed by atoms with Gasteiger partial charge in [0.15, 0.2) is 5.69 Å². The predicted octanol–water partition coefficient (Wildman–Crippen LogP) is 2.94. The average molecular weight is 366 g/mol. The monoisotopic (exact) mass is 366 g/mol. The van der Waals surface area contributed by atoms with Gasteiger partial charge in [-0.25, -0.2) is 9.07 Å². The van der Waals surface area contributed by atoms with E-state index in [2.05, 4.69) is 15.7 Å². The minimum atomic E-state index is -0.396. The molecule has 3 aromatic rings. The number of amides is 2. The van der Waals surface area contributed by atoms with E-state index in [1.807, 2.05) is 30.3 Å². The van der Waals surface area contributed by atoms with Gasteiger partial charge < -0.3 is 10.6 Å². The van der Waals surface area contributed by atoms with Gasteiger partial charge in [-0.1, -0.05) is 36.4 Å². The molecule has 6 nitrogen and oxygen atoms in total. The average Bonchev–Trinajstić information content (AvgIpc) is 3.07. The Labute approximate surface area is 156 Å². The van der Waals surface area contributed by atoms with Gasteiger partial charge in [0.1, 0.15) is 11.6 Å². The second kappa shape index (κ2) is 8.27. The highest BCUT2D eigenvalue weighted by molar-refractivity contribution is 5.95. The molecule has 0 aliphatic rings. The summed E-state index contributed by atoms with van der Waals surface area (Å²) in [5, 5.41) is 9.69. The maximum atomic E-state index is 13.6. The second-order valence-electron chi connectivity index (χ2n) is 5.94. The van der Waals surface area contributed by atoms with Crippen LogP contribution in [0.15, 0.2) is 60.7 Å². The van der Waals surface area contributed by atoms with Gasteiger partial charge in [0, 0.05) is 19.5 Å². The highest BCUT2D eigenvalue weighted by atomic mass is 19.1. The smallest absolute Gasteiger partial charge is 0.271 e. The van der Waals surface area contributed by atoms with Crippen LogP contribution in [0.5, 0.6) is 0 Å². The first kappa shape index (κ1) is 18.3. The summed E-state index contributed by atoms with van der Waals surface area (Å²) < 4.78 is 15.1. The first-order valence-corrected chi connectivity index (χ1v) is 8.49. The molecule has 0 fully saturated rings. The van der Waals surface area contributed by atoms with Crippen molar-refractivity contribution in [1.29, 1.82) is 0 Å². The van der Waals surface area contributed by atoms with E-state index < -0.39 is 5.91 Å². The summed E-state index contributed by atoms with van der Waals surface area (Å²) in [6, 6.07) is 17.1. The van der Waals surface area contributed by atoms with Gasteiger partial charge >= 0.3 is 0 Å². The Balaban J connectivity index is 1.73. The van der Waals surface area contributed by atoms with Crippen LogP contribution in [0.25, 0.3) is 5.69 Å². The molecule has 1 heterocycles. The number of aromatic nitrogens is 2. The lowest BCUT2D eigenvalue weighted by Gasteiger charge is -2.06. The molecule has 138 valence electrons. The van der Waals surface area contributed by atoms with Crippen molar-refractivity contribution in [2.45, 2.75) is 13.3 Å². The molecule has 0 unspecified atom stereocenters. The molecule has 0 saturated heterocycles. The standard InChI is InChI=1S/C20H19FN4O2/c1-14(26)23-19-13-18(24-25(19)16-8-3-2-4-9-16)20(27)22-12-11-15-7-5-6-10-17(15)21/h2-10,13H,11-12H2,1H3,(H,22,27)(H,23,26). The number of halogens is 1. The molecule has 2 amide bonds. The van der Waals surface area contributed by atoms with E-state index in [4.69, 9.17) is 0 Å². The normalized spacial score (nSPS) is 10.4. The van der Waals surface area contributed by atoms with Crippen molar-refractivity contribution in [3.8, 4) is 5.69 Å².